The molecule has 7 heteroatoms. The zero-order valence-electron chi connectivity index (χ0n) is 15.6. The monoisotopic (exact) mass is 383 g/mol. The number of likely N-dealkylation sites (tertiary alicyclic amines) is 1. The number of benzene rings is 1. The molecule has 0 aliphatic carbocycles. The molecule has 0 saturated carbocycles. The molecule has 3 N–H and O–H groups in total. The van der Waals surface area contributed by atoms with Crippen molar-refractivity contribution in [3.63, 3.8) is 0 Å². The fourth-order valence-electron chi connectivity index (χ4n) is 3.42. The number of amides is 2. The lowest BCUT2D eigenvalue weighted by molar-refractivity contribution is -0.119. The molecule has 1 aromatic rings. The Morgan fingerprint density at radius 3 is 2.54 bits per heavy atom. The summed E-state index contributed by atoms with van der Waals surface area (Å²) in [6, 6.07) is 7.14. The predicted octanol–water partition coefficient (Wildman–Crippen LogP) is 2.21. The van der Waals surface area contributed by atoms with Crippen molar-refractivity contribution in [2.24, 2.45) is 11.7 Å². The zero-order chi connectivity index (χ0) is 18.2. The maximum absolute atomic E-state index is 11.4. The van der Waals surface area contributed by atoms with Crippen molar-refractivity contribution >= 4 is 24.2 Å². The number of carbonyl (C=O) groups is 2. The van der Waals surface area contributed by atoms with Crippen LogP contribution in [0.25, 0.3) is 0 Å². The first-order valence-corrected chi connectivity index (χ1v) is 9.01. The minimum Gasteiger partial charge on any atom is -0.494 e. The summed E-state index contributed by atoms with van der Waals surface area (Å²) in [7, 11) is 0. The van der Waals surface area contributed by atoms with Crippen LogP contribution in [0.4, 0.5) is 0 Å². The summed E-state index contributed by atoms with van der Waals surface area (Å²) in [5, 5.41) is 3.09. The summed E-state index contributed by atoms with van der Waals surface area (Å²) in [5.41, 5.74) is 5.70. The van der Waals surface area contributed by atoms with Crippen LogP contribution in [-0.4, -0.2) is 49.0 Å². The fourth-order valence-corrected chi connectivity index (χ4v) is 3.42. The minimum atomic E-state index is -0.434. The van der Waals surface area contributed by atoms with Crippen LogP contribution < -0.4 is 15.8 Å². The van der Waals surface area contributed by atoms with E-state index in [4.69, 9.17) is 10.5 Å². The third kappa shape index (κ3) is 6.84. The molecule has 1 saturated heterocycles. The summed E-state index contributed by atoms with van der Waals surface area (Å²) >= 11 is 0. The van der Waals surface area contributed by atoms with Gasteiger partial charge in [0.25, 0.3) is 0 Å². The fraction of sp³-hybridized carbons (Fsp3) is 0.579. The van der Waals surface area contributed by atoms with Crippen molar-refractivity contribution in [3.8, 4) is 5.75 Å². The van der Waals surface area contributed by atoms with E-state index in [0.717, 1.165) is 44.6 Å². The maximum Gasteiger partial charge on any atom is 0.248 e. The second-order valence-electron chi connectivity index (χ2n) is 6.71. The van der Waals surface area contributed by atoms with Gasteiger partial charge < -0.3 is 20.7 Å². The normalized spacial score (nSPS) is 19.6. The van der Waals surface area contributed by atoms with Crippen molar-refractivity contribution in [3.05, 3.63) is 29.8 Å². The number of hydrogen-bond donors (Lipinski definition) is 2. The minimum absolute atomic E-state index is 0. The SMILES string of the molecule is CCC[C@H]1CN(CCCOc2ccc(C(N)=O)cc2)C[C@@H]1NC(C)=O.Cl. The third-order valence-electron chi connectivity index (χ3n) is 4.59. The molecular weight excluding hydrogens is 354 g/mol. The number of ether oxygens (including phenoxy) is 1. The third-order valence-corrected chi connectivity index (χ3v) is 4.59. The lowest BCUT2D eigenvalue weighted by atomic mass is 9.98. The van der Waals surface area contributed by atoms with Gasteiger partial charge in [-0.05, 0) is 43.0 Å². The van der Waals surface area contributed by atoms with Crippen LogP contribution in [0.2, 0.25) is 0 Å². The molecule has 2 atom stereocenters. The molecule has 6 nitrogen and oxygen atoms in total. The van der Waals surface area contributed by atoms with Crippen LogP contribution in [0.15, 0.2) is 24.3 Å². The molecule has 26 heavy (non-hydrogen) atoms. The molecule has 0 spiro atoms. The van der Waals surface area contributed by atoms with Crippen LogP contribution >= 0.6 is 12.4 Å². The first-order valence-electron chi connectivity index (χ1n) is 9.01. The van der Waals surface area contributed by atoms with E-state index < -0.39 is 5.91 Å². The molecular formula is C19H30ClN3O3. The van der Waals surface area contributed by atoms with Gasteiger partial charge in [0.1, 0.15) is 5.75 Å². The summed E-state index contributed by atoms with van der Waals surface area (Å²) in [6.45, 7) is 7.29. The van der Waals surface area contributed by atoms with Gasteiger partial charge in [0, 0.05) is 38.2 Å². The Balaban J connectivity index is 0.00000338. The van der Waals surface area contributed by atoms with Gasteiger partial charge in [-0.15, -0.1) is 12.4 Å². The van der Waals surface area contributed by atoms with Gasteiger partial charge in [-0.2, -0.15) is 0 Å². The number of nitrogens with one attached hydrogen (secondary N) is 1. The highest BCUT2D eigenvalue weighted by atomic mass is 35.5. The maximum atomic E-state index is 11.4. The Morgan fingerprint density at radius 1 is 1.27 bits per heavy atom. The van der Waals surface area contributed by atoms with Crippen molar-refractivity contribution in [2.45, 2.75) is 39.2 Å². The average Bonchev–Trinajstić information content (AvgIpc) is 2.93. The van der Waals surface area contributed by atoms with Crippen molar-refractivity contribution in [2.75, 3.05) is 26.2 Å². The first kappa shape index (κ1) is 22.3. The van der Waals surface area contributed by atoms with Crippen LogP contribution in [-0.2, 0) is 4.79 Å². The van der Waals surface area contributed by atoms with Gasteiger partial charge in [-0.3, -0.25) is 9.59 Å². The zero-order valence-corrected chi connectivity index (χ0v) is 16.4. The van der Waals surface area contributed by atoms with Gasteiger partial charge in [-0.25, -0.2) is 0 Å². The number of carbonyl (C=O) groups excluding carboxylic acids is 2. The number of primary amides is 1. The van der Waals surface area contributed by atoms with Gasteiger partial charge in [0.2, 0.25) is 11.8 Å². The number of hydrogen-bond acceptors (Lipinski definition) is 4. The quantitative estimate of drug-likeness (QED) is 0.640. The lowest BCUT2D eigenvalue weighted by Gasteiger charge is -2.18. The number of rotatable bonds is 9. The van der Waals surface area contributed by atoms with Gasteiger partial charge >= 0.3 is 0 Å². The van der Waals surface area contributed by atoms with E-state index in [1.165, 1.54) is 0 Å². The Morgan fingerprint density at radius 2 is 1.96 bits per heavy atom. The predicted molar refractivity (Wildman–Crippen MR) is 105 cm³/mol. The van der Waals surface area contributed by atoms with Crippen LogP contribution in [0.1, 0.15) is 43.5 Å². The Labute approximate surface area is 161 Å². The molecule has 0 aromatic heterocycles. The van der Waals surface area contributed by atoms with Gasteiger partial charge in [0.05, 0.1) is 6.61 Å². The topological polar surface area (TPSA) is 84.7 Å². The van der Waals surface area contributed by atoms with E-state index >= 15 is 0 Å². The number of halogens is 1. The van der Waals surface area contributed by atoms with Crippen LogP contribution in [0.3, 0.4) is 0 Å². The molecule has 146 valence electrons. The lowest BCUT2D eigenvalue weighted by Crippen LogP contribution is -2.39. The average molecular weight is 384 g/mol. The Hall–Kier alpha value is -1.79. The van der Waals surface area contributed by atoms with Crippen molar-refractivity contribution in [1.29, 1.82) is 0 Å². The molecule has 1 aliphatic heterocycles. The van der Waals surface area contributed by atoms with E-state index in [1.807, 2.05) is 0 Å². The second-order valence-corrected chi connectivity index (χ2v) is 6.71. The highest BCUT2D eigenvalue weighted by molar-refractivity contribution is 5.92. The molecule has 0 radical (unpaired) electrons. The van der Waals surface area contributed by atoms with E-state index in [0.29, 0.717) is 18.1 Å². The first-order chi connectivity index (χ1) is 12.0. The number of nitrogens with zero attached hydrogens (tertiary/aromatic N) is 1. The number of nitrogens with two attached hydrogens (primary N) is 1. The standard InChI is InChI=1S/C19H29N3O3.ClH/c1-3-5-16-12-22(13-18(16)21-14(2)23)10-4-11-25-17-8-6-15(7-9-17)19(20)24;/h6-9,16,18H,3-5,10-13H2,1-2H3,(H2,20,24)(H,21,23);1H/t16-,18-;/m0./s1. The van der Waals surface area contributed by atoms with Crippen molar-refractivity contribution in [1.82, 2.24) is 10.2 Å². The molecule has 1 aromatic carbocycles. The highest BCUT2D eigenvalue weighted by Crippen LogP contribution is 2.22. The van der Waals surface area contributed by atoms with E-state index in [-0.39, 0.29) is 24.4 Å². The summed E-state index contributed by atoms with van der Waals surface area (Å²) < 4.78 is 5.72. The highest BCUT2D eigenvalue weighted by Gasteiger charge is 2.32. The molecule has 1 fully saturated rings. The van der Waals surface area contributed by atoms with Gasteiger partial charge in [-0.1, -0.05) is 13.3 Å². The molecule has 1 aliphatic rings. The summed E-state index contributed by atoms with van der Waals surface area (Å²) in [5.74, 6) is 0.897. The summed E-state index contributed by atoms with van der Waals surface area (Å²) in [6.07, 6.45) is 3.20. The Kier molecular flexibility index (Phi) is 9.44. The Bertz CT molecular complexity index is 580. The van der Waals surface area contributed by atoms with E-state index in [1.54, 1.807) is 31.2 Å². The molecule has 0 unspecified atom stereocenters. The molecule has 2 amide bonds. The van der Waals surface area contributed by atoms with Gasteiger partial charge in [0.15, 0.2) is 0 Å². The molecule has 2 rings (SSSR count). The summed E-state index contributed by atoms with van der Waals surface area (Å²) in [4.78, 5) is 24.8. The molecule has 0 bridgehead atoms. The van der Waals surface area contributed by atoms with E-state index in [2.05, 4.69) is 17.1 Å². The van der Waals surface area contributed by atoms with Crippen molar-refractivity contribution < 1.29 is 14.3 Å². The molecule has 1 heterocycles. The smallest absolute Gasteiger partial charge is 0.248 e. The van der Waals surface area contributed by atoms with Crippen LogP contribution in [0, 0.1) is 5.92 Å². The van der Waals surface area contributed by atoms with Crippen LogP contribution in [0.5, 0.6) is 5.75 Å². The largest absolute Gasteiger partial charge is 0.494 e. The second kappa shape index (κ2) is 11.0. The van der Waals surface area contributed by atoms with E-state index in [9.17, 15) is 9.59 Å².